The molecule has 0 aliphatic carbocycles. The van der Waals surface area contributed by atoms with Gasteiger partial charge in [-0.2, -0.15) is 0 Å². The number of hydrogen-bond donors (Lipinski definition) is 0. The Morgan fingerprint density at radius 3 is 2.72 bits per heavy atom. The molecule has 2 nitrogen and oxygen atoms in total. The summed E-state index contributed by atoms with van der Waals surface area (Å²) >= 11 is 3.62. The van der Waals surface area contributed by atoms with Gasteiger partial charge in [0.05, 0.1) is 5.69 Å². The van der Waals surface area contributed by atoms with Crippen molar-refractivity contribution in [3.05, 3.63) is 40.1 Å². The minimum absolute atomic E-state index is 0.597. The van der Waals surface area contributed by atoms with Crippen molar-refractivity contribution in [3.63, 3.8) is 0 Å². The number of imidazole rings is 1. The van der Waals surface area contributed by atoms with Gasteiger partial charge < -0.3 is 4.57 Å². The Kier molecular flexibility index (Phi) is 3.02. The summed E-state index contributed by atoms with van der Waals surface area (Å²) in [4.78, 5) is 4.72. The van der Waals surface area contributed by atoms with Gasteiger partial charge in [0.1, 0.15) is 10.4 Å². The predicted octanol–water partition coefficient (Wildman–Crippen LogP) is 4.52. The number of aromatic nitrogens is 2. The normalized spacial score (nSPS) is 18.7. The molecule has 0 N–H and O–H groups in total. The zero-order valence-electron chi connectivity index (χ0n) is 10.8. The molecule has 0 spiro atoms. The average Bonchev–Trinajstić information content (AvgIpc) is 2.69. The molecule has 3 heteroatoms. The third-order valence-electron chi connectivity index (χ3n) is 3.76. The molecular weight excluding hydrogens is 288 g/mol. The molecule has 1 unspecified atom stereocenters. The van der Waals surface area contributed by atoms with Gasteiger partial charge in [0.25, 0.3) is 0 Å². The standard InChI is InChI=1S/C15H17BrN2/c1-10-5-7-12(8-6-10)15-17-14(16)13-11(2)4-3-9-18(13)15/h5-8,11H,3-4,9H2,1-2H3. The second kappa shape index (κ2) is 4.54. The van der Waals surface area contributed by atoms with Gasteiger partial charge in [-0.1, -0.05) is 36.8 Å². The highest BCUT2D eigenvalue weighted by Crippen LogP contribution is 2.36. The molecular formula is C15H17BrN2. The minimum Gasteiger partial charge on any atom is -0.327 e. The van der Waals surface area contributed by atoms with Crippen LogP contribution in [0.15, 0.2) is 28.9 Å². The van der Waals surface area contributed by atoms with E-state index in [2.05, 4.69) is 58.6 Å². The van der Waals surface area contributed by atoms with Crippen molar-refractivity contribution in [2.24, 2.45) is 0 Å². The van der Waals surface area contributed by atoms with E-state index in [4.69, 9.17) is 4.98 Å². The van der Waals surface area contributed by atoms with Crippen LogP contribution in [0.5, 0.6) is 0 Å². The number of halogens is 1. The van der Waals surface area contributed by atoms with Crippen LogP contribution in [-0.4, -0.2) is 9.55 Å². The lowest BCUT2D eigenvalue weighted by atomic mass is 9.98. The third kappa shape index (κ3) is 1.91. The molecule has 0 saturated carbocycles. The molecule has 0 bridgehead atoms. The summed E-state index contributed by atoms with van der Waals surface area (Å²) in [6.45, 7) is 5.49. The van der Waals surface area contributed by atoms with Crippen LogP contribution in [0.1, 0.15) is 36.9 Å². The van der Waals surface area contributed by atoms with Crippen LogP contribution in [0.4, 0.5) is 0 Å². The molecule has 1 aromatic carbocycles. The number of hydrogen-bond acceptors (Lipinski definition) is 1. The Bertz CT molecular complexity index is 569. The predicted molar refractivity (Wildman–Crippen MR) is 77.7 cm³/mol. The van der Waals surface area contributed by atoms with Crippen LogP contribution < -0.4 is 0 Å². The van der Waals surface area contributed by atoms with Gasteiger partial charge in [0.15, 0.2) is 0 Å². The molecule has 1 aliphatic heterocycles. The van der Waals surface area contributed by atoms with Crippen LogP contribution in [0.2, 0.25) is 0 Å². The van der Waals surface area contributed by atoms with E-state index in [-0.39, 0.29) is 0 Å². The van der Waals surface area contributed by atoms with Crippen molar-refractivity contribution in [2.45, 2.75) is 39.2 Å². The Labute approximate surface area is 116 Å². The van der Waals surface area contributed by atoms with E-state index in [1.165, 1.54) is 29.7 Å². The van der Waals surface area contributed by atoms with E-state index < -0.39 is 0 Å². The monoisotopic (exact) mass is 304 g/mol. The molecule has 0 fully saturated rings. The van der Waals surface area contributed by atoms with Crippen molar-refractivity contribution in [3.8, 4) is 11.4 Å². The number of nitrogens with zero attached hydrogens (tertiary/aromatic N) is 2. The van der Waals surface area contributed by atoms with E-state index in [1.54, 1.807) is 0 Å². The first-order chi connectivity index (χ1) is 8.66. The Morgan fingerprint density at radius 2 is 2.00 bits per heavy atom. The Morgan fingerprint density at radius 1 is 1.28 bits per heavy atom. The van der Waals surface area contributed by atoms with Gasteiger partial charge >= 0.3 is 0 Å². The van der Waals surface area contributed by atoms with Crippen LogP contribution in [0, 0.1) is 6.92 Å². The fourth-order valence-electron chi connectivity index (χ4n) is 2.75. The van der Waals surface area contributed by atoms with E-state index in [9.17, 15) is 0 Å². The molecule has 94 valence electrons. The van der Waals surface area contributed by atoms with Crippen molar-refractivity contribution < 1.29 is 0 Å². The fourth-order valence-corrected chi connectivity index (χ4v) is 3.52. The molecule has 0 saturated heterocycles. The summed E-state index contributed by atoms with van der Waals surface area (Å²) in [5.41, 5.74) is 3.86. The smallest absolute Gasteiger partial charge is 0.141 e. The first-order valence-corrected chi connectivity index (χ1v) is 7.29. The molecule has 3 rings (SSSR count). The molecule has 2 aromatic rings. The highest BCUT2D eigenvalue weighted by Gasteiger charge is 2.24. The molecule has 1 atom stereocenters. The zero-order valence-corrected chi connectivity index (χ0v) is 12.4. The largest absolute Gasteiger partial charge is 0.327 e. The Balaban J connectivity index is 2.13. The fraction of sp³-hybridized carbons (Fsp3) is 0.400. The van der Waals surface area contributed by atoms with Crippen molar-refractivity contribution >= 4 is 15.9 Å². The SMILES string of the molecule is Cc1ccc(-c2nc(Br)c3n2CCCC3C)cc1. The van der Waals surface area contributed by atoms with E-state index in [0.29, 0.717) is 5.92 Å². The molecule has 0 radical (unpaired) electrons. The quantitative estimate of drug-likeness (QED) is 0.757. The Hall–Kier alpha value is -1.09. The van der Waals surface area contributed by atoms with Gasteiger partial charge in [-0.15, -0.1) is 0 Å². The second-order valence-corrected chi connectivity index (χ2v) is 5.92. The van der Waals surface area contributed by atoms with Crippen LogP contribution in [0.25, 0.3) is 11.4 Å². The molecule has 1 aromatic heterocycles. The summed E-state index contributed by atoms with van der Waals surface area (Å²) in [6, 6.07) is 8.63. The maximum Gasteiger partial charge on any atom is 0.141 e. The lowest BCUT2D eigenvalue weighted by Gasteiger charge is -2.22. The molecule has 1 aliphatic rings. The lowest BCUT2D eigenvalue weighted by molar-refractivity contribution is 0.476. The highest BCUT2D eigenvalue weighted by molar-refractivity contribution is 9.10. The second-order valence-electron chi connectivity index (χ2n) is 5.17. The maximum absolute atomic E-state index is 4.72. The van der Waals surface area contributed by atoms with Gasteiger partial charge in [0.2, 0.25) is 0 Å². The third-order valence-corrected chi connectivity index (χ3v) is 4.34. The highest BCUT2D eigenvalue weighted by atomic mass is 79.9. The summed E-state index contributed by atoms with van der Waals surface area (Å²) in [5.74, 6) is 1.70. The summed E-state index contributed by atoms with van der Waals surface area (Å²) in [6.07, 6.45) is 2.51. The molecule has 18 heavy (non-hydrogen) atoms. The van der Waals surface area contributed by atoms with E-state index in [1.807, 2.05) is 0 Å². The van der Waals surface area contributed by atoms with Crippen LogP contribution in [-0.2, 0) is 6.54 Å². The van der Waals surface area contributed by atoms with Crippen LogP contribution >= 0.6 is 15.9 Å². The topological polar surface area (TPSA) is 17.8 Å². The number of aryl methyl sites for hydroxylation is 1. The van der Waals surface area contributed by atoms with Gasteiger partial charge in [-0.3, -0.25) is 0 Å². The van der Waals surface area contributed by atoms with Crippen molar-refractivity contribution in [2.75, 3.05) is 0 Å². The van der Waals surface area contributed by atoms with Gasteiger partial charge in [-0.25, -0.2) is 4.98 Å². The number of rotatable bonds is 1. The molecule has 0 amide bonds. The summed E-state index contributed by atoms with van der Waals surface area (Å²) in [7, 11) is 0. The summed E-state index contributed by atoms with van der Waals surface area (Å²) < 4.78 is 3.40. The van der Waals surface area contributed by atoms with Crippen LogP contribution in [0.3, 0.4) is 0 Å². The van der Waals surface area contributed by atoms with Gasteiger partial charge in [0, 0.05) is 12.1 Å². The number of fused-ring (bicyclic) bond motifs is 1. The maximum atomic E-state index is 4.72. The number of benzene rings is 1. The molecule has 2 heterocycles. The minimum atomic E-state index is 0.597. The van der Waals surface area contributed by atoms with Crippen molar-refractivity contribution in [1.29, 1.82) is 0 Å². The van der Waals surface area contributed by atoms with E-state index in [0.717, 1.165) is 17.0 Å². The lowest BCUT2D eigenvalue weighted by Crippen LogP contribution is -2.14. The average molecular weight is 305 g/mol. The summed E-state index contributed by atoms with van der Waals surface area (Å²) in [5, 5.41) is 0. The van der Waals surface area contributed by atoms with Crippen molar-refractivity contribution in [1.82, 2.24) is 9.55 Å². The zero-order chi connectivity index (χ0) is 12.7. The first-order valence-electron chi connectivity index (χ1n) is 6.50. The van der Waals surface area contributed by atoms with Gasteiger partial charge in [-0.05, 0) is 41.6 Å². The van der Waals surface area contributed by atoms with E-state index >= 15 is 0 Å². The first kappa shape index (κ1) is 12.0.